The van der Waals surface area contributed by atoms with E-state index in [0.717, 1.165) is 65.4 Å². The van der Waals surface area contributed by atoms with Crippen LogP contribution in [0.3, 0.4) is 0 Å². The highest BCUT2D eigenvalue weighted by atomic mass is 79.9. The molecule has 68 heavy (non-hydrogen) atoms. The molecule has 6 aromatic rings. The topological polar surface area (TPSA) is 187 Å². The summed E-state index contributed by atoms with van der Waals surface area (Å²) < 4.78 is 26.7. The van der Waals surface area contributed by atoms with Gasteiger partial charge in [-0.3, -0.25) is 19.6 Å². The van der Waals surface area contributed by atoms with Crippen molar-refractivity contribution >= 4 is 67.3 Å². The SMILES string of the molecule is CSc1cncc(COc2nc(OCc3cccc(-c4cccc(COc5nc(OCc6cncc(SC)c6)c(CNCCCC(=O)O)cc5Br)c4C)c3C)c(Br)cc2CNCCCC(=O)O)c1. The molecule has 0 unspecified atom stereocenters. The summed E-state index contributed by atoms with van der Waals surface area (Å²) in [6, 6.07) is 20.2. The van der Waals surface area contributed by atoms with Crippen LogP contribution in [0.5, 0.6) is 23.5 Å². The van der Waals surface area contributed by atoms with Gasteiger partial charge in [-0.1, -0.05) is 36.4 Å². The first-order chi connectivity index (χ1) is 32.9. The molecule has 0 radical (unpaired) electrons. The number of rotatable bonds is 27. The molecule has 0 aliphatic carbocycles. The van der Waals surface area contributed by atoms with Gasteiger partial charge in [0, 0.05) is 82.8 Å². The van der Waals surface area contributed by atoms with Crippen molar-refractivity contribution in [3.05, 3.63) is 139 Å². The second kappa shape index (κ2) is 26.5. The fourth-order valence-corrected chi connectivity index (χ4v) is 8.87. The van der Waals surface area contributed by atoms with Crippen molar-refractivity contribution in [1.29, 1.82) is 0 Å². The zero-order chi connectivity index (χ0) is 48.4. The summed E-state index contributed by atoms with van der Waals surface area (Å²) >= 11 is 10.6. The average molecular weight is 1090 g/mol. The first kappa shape index (κ1) is 52.1. The molecule has 2 aromatic carbocycles. The summed E-state index contributed by atoms with van der Waals surface area (Å²) in [5.41, 5.74) is 9.59. The third kappa shape index (κ3) is 15.4. The Morgan fingerprint density at radius 1 is 0.574 bits per heavy atom. The smallest absolute Gasteiger partial charge is 0.303 e. The molecule has 6 rings (SSSR count). The van der Waals surface area contributed by atoms with E-state index in [-0.39, 0.29) is 39.3 Å². The number of hydrogen-bond donors (Lipinski definition) is 4. The molecular formula is C50H54Br2N6O8S2. The fraction of sp³-hybridized carbons (Fsp3) is 0.320. The lowest BCUT2D eigenvalue weighted by atomic mass is 9.92. The molecule has 0 saturated heterocycles. The summed E-state index contributed by atoms with van der Waals surface area (Å²) in [6.07, 6.45) is 12.3. The summed E-state index contributed by atoms with van der Waals surface area (Å²) in [7, 11) is 0. The molecule has 0 aliphatic rings. The van der Waals surface area contributed by atoms with Gasteiger partial charge in [-0.2, -0.15) is 9.97 Å². The predicted octanol–water partition coefficient (Wildman–Crippen LogP) is 10.7. The maximum atomic E-state index is 11.0. The molecule has 0 spiro atoms. The normalized spacial score (nSPS) is 11.1. The van der Waals surface area contributed by atoms with Gasteiger partial charge >= 0.3 is 11.9 Å². The lowest BCUT2D eigenvalue weighted by molar-refractivity contribution is -0.138. The van der Waals surface area contributed by atoms with Gasteiger partial charge < -0.3 is 39.8 Å². The minimum absolute atomic E-state index is 0.0841. The Kier molecular flexibility index (Phi) is 20.3. The molecule has 0 atom stereocenters. The Morgan fingerprint density at radius 3 is 1.38 bits per heavy atom. The van der Waals surface area contributed by atoms with Crippen LogP contribution in [-0.4, -0.2) is 67.7 Å². The monoisotopic (exact) mass is 1090 g/mol. The lowest BCUT2D eigenvalue weighted by Gasteiger charge is -2.18. The van der Waals surface area contributed by atoms with Crippen LogP contribution >= 0.6 is 55.4 Å². The van der Waals surface area contributed by atoms with Crippen molar-refractivity contribution in [2.24, 2.45) is 0 Å². The summed E-state index contributed by atoms with van der Waals surface area (Å²) in [5.74, 6) is -0.0963. The number of halogens is 2. The number of carboxylic acid groups (broad SMARTS) is 2. The molecule has 4 N–H and O–H groups in total. The van der Waals surface area contributed by atoms with Crippen LogP contribution in [0.4, 0.5) is 0 Å². The first-order valence-electron chi connectivity index (χ1n) is 21.8. The lowest BCUT2D eigenvalue weighted by Crippen LogP contribution is -2.17. The van der Waals surface area contributed by atoms with E-state index in [9.17, 15) is 9.59 Å². The Balaban J connectivity index is 1.17. The molecule has 0 fully saturated rings. The fourth-order valence-electron chi connectivity index (χ4n) is 7.04. The third-order valence-corrected chi connectivity index (χ3v) is 13.3. The van der Waals surface area contributed by atoms with Gasteiger partial charge in [0.15, 0.2) is 0 Å². The number of hydrogen-bond acceptors (Lipinski definition) is 14. The van der Waals surface area contributed by atoms with Crippen molar-refractivity contribution in [2.75, 3.05) is 25.6 Å². The van der Waals surface area contributed by atoms with Gasteiger partial charge in [0.2, 0.25) is 23.5 Å². The Labute approximate surface area is 422 Å². The zero-order valence-corrected chi connectivity index (χ0v) is 43.1. The third-order valence-electron chi connectivity index (χ3n) is 10.8. The first-order valence-corrected chi connectivity index (χ1v) is 25.8. The van der Waals surface area contributed by atoms with E-state index in [1.807, 2.05) is 73.4 Å². The number of pyridine rings is 4. The largest absolute Gasteiger partial charge is 0.481 e. The van der Waals surface area contributed by atoms with Gasteiger partial charge in [-0.05, 0) is 142 Å². The van der Waals surface area contributed by atoms with Crippen molar-refractivity contribution in [3.63, 3.8) is 0 Å². The average Bonchev–Trinajstić information content (AvgIpc) is 3.33. The van der Waals surface area contributed by atoms with Crippen LogP contribution in [0, 0.1) is 13.8 Å². The highest BCUT2D eigenvalue weighted by Gasteiger charge is 2.18. The van der Waals surface area contributed by atoms with Crippen LogP contribution in [0.25, 0.3) is 11.1 Å². The second-order valence-electron chi connectivity index (χ2n) is 15.6. The molecule has 4 aromatic heterocycles. The van der Waals surface area contributed by atoms with Crippen LogP contribution < -0.4 is 29.6 Å². The van der Waals surface area contributed by atoms with E-state index < -0.39 is 11.9 Å². The Morgan fingerprint density at radius 2 is 0.985 bits per heavy atom. The molecule has 4 heterocycles. The van der Waals surface area contributed by atoms with E-state index >= 15 is 0 Å². The molecule has 18 heteroatoms. The van der Waals surface area contributed by atoms with Crippen molar-refractivity contribution < 1.29 is 38.7 Å². The molecule has 358 valence electrons. The Hall–Kier alpha value is -5.24. The number of aromatic nitrogens is 4. The van der Waals surface area contributed by atoms with Crippen LogP contribution in [0.2, 0.25) is 0 Å². The van der Waals surface area contributed by atoms with E-state index in [0.29, 0.717) is 71.5 Å². The number of carboxylic acids is 2. The number of benzene rings is 2. The Bertz CT molecular complexity index is 2500. The zero-order valence-electron chi connectivity index (χ0n) is 38.3. The molecule has 0 bridgehead atoms. The van der Waals surface area contributed by atoms with E-state index in [2.05, 4.69) is 78.4 Å². The quantitative estimate of drug-likeness (QED) is 0.0282. The van der Waals surface area contributed by atoms with Gasteiger partial charge in [0.1, 0.15) is 26.4 Å². The highest BCUT2D eigenvalue weighted by Crippen LogP contribution is 2.35. The van der Waals surface area contributed by atoms with Gasteiger partial charge in [0.25, 0.3) is 0 Å². The van der Waals surface area contributed by atoms with Crippen molar-refractivity contribution in [2.45, 2.75) is 88.8 Å². The standard InChI is InChI=1S/C50H54Br2N6O8S2/c1-31-35(29-65-49-43(51)19-37(23-53-15-7-13-45(59)60)47(57-49)63-27-33-17-39(67-3)25-55-21-33)9-5-11-41(31)42-12-6-10-36(32(42)2)30-66-50-44(52)20-38(24-54-16-8-14-46(61)62)48(58-50)64-28-34-18-40(68-4)26-56-22-34/h5-6,9-12,17-22,25-26,53-54H,7-8,13-16,23-24,27-30H2,1-4H3,(H,59,60)(H,61,62). The maximum Gasteiger partial charge on any atom is 0.303 e. The number of aliphatic carboxylic acids is 2. The van der Waals surface area contributed by atoms with Gasteiger partial charge in [-0.15, -0.1) is 23.5 Å². The molecule has 0 saturated carbocycles. The number of ether oxygens (including phenoxy) is 4. The minimum atomic E-state index is -0.829. The molecular weight excluding hydrogens is 1040 g/mol. The van der Waals surface area contributed by atoms with Gasteiger partial charge in [-0.25, -0.2) is 0 Å². The van der Waals surface area contributed by atoms with Crippen molar-refractivity contribution in [1.82, 2.24) is 30.6 Å². The summed E-state index contributed by atoms with van der Waals surface area (Å²) in [6.45, 7) is 7.07. The minimum Gasteiger partial charge on any atom is -0.481 e. The van der Waals surface area contributed by atoms with Crippen LogP contribution in [0.15, 0.2) is 104 Å². The molecule has 0 amide bonds. The van der Waals surface area contributed by atoms with Gasteiger partial charge in [0.05, 0.1) is 8.95 Å². The predicted molar refractivity (Wildman–Crippen MR) is 272 cm³/mol. The number of nitrogens with zero attached hydrogens (tertiary/aromatic N) is 4. The summed E-state index contributed by atoms with van der Waals surface area (Å²) in [4.78, 5) is 42.4. The number of carbonyl (C=O) groups is 2. The highest BCUT2D eigenvalue weighted by molar-refractivity contribution is 9.10. The number of nitrogens with one attached hydrogen (secondary N) is 2. The van der Waals surface area contributed by atoms with Crippen molar-refractivity contribution in [3.8, 4) is 34.6 Å². The molecule has 14 nitrogen and oxygen atoms in total. The number of thioether (sulfide) groups is 2. The maximum absolute atomic E-state index is 11.0. The van der Waals surface area contributed by atoms with Crippen LogP contribution in [0.1, 0.15) is 70.2 Å². The van der Waals surface area contributed by atoms with E-state index in [4.69, 9.17) is 39.1 Å². The molecule has 0 aliphatic heterocycles. The van der Waals surface area contributed by atoms with E-state index in [1.54, 1.807) is 35.9 Å². The summed E-state index contributed by atoms with van der Waals surface area (Å²) in [5, 5.41) is 24.7. The van der Waals surface area contributed by atoms with E-state index in [1.165, 1.54) is 0 Å². The second-order valence-corrected chi connectivity index (χ2v) is 19.1. The van der Waals surface area contributed by atoms with Crippen LogP contribution in [-0.2, 0) is 49.1 Å².